The summed E-state index contributed by atoms with van der Waals surface area (Å²) in [7, 11) is 0. The first-order chi connectivity index (χ1) is 12.5. The van der Waals surface area contributed by atoms with Crippen molar-refractivity contribution in [2.24, 2.45) is 0 Å². The monoisotopic (exact) mass is 348 g/mol. The SMILES string of the molecule is CC(=O)N1CCc2cc(NC(C)C(=O)Nc3cccc(C#N)c3)ccc21. The van der Waals surface area contributed by atoms with Gasteiger partial charge in [0.25, 0.3) is 0 Å². The Kier molecular flexibility index (Phi) is 4.90. The molecule has 1 aliphatic rings. The third kappa shape index (κ3) is 3.67. The first-order valence-electron chi connectivity index (χ1n) is 8.46. The number of fused-ring (bicyclic) bond motifs is 1. The predicted octanol–water partition coefficient (Wildman–Crippen LogP) is 2.91. The molecule has 1 heterocycles. The molecule has 0 spiro atoms. The van der Waals surface area contributed by atoms with Crippen LogP contribution in [0.4, 0.5) is 17.1 Å². The van der Waals surface area contributed by atoms with Crippen molar-refractivity contribution in [3.8, 4) is 6.07 Å². The maximum atomic E-state index is 12.4. The number of hydrogen-bond acceptors (Lipinski definition) is 4. The molecule has 0 fully saturated rings. The van der Waals surface area contributed by atoms with Gasteiger partial charge in [-0.3, -0.25) is 9.59 Å². The molecule has 2 aromatic carbocycles. The van der Waals surface area contributed by atoms with Crippen molar-refractivity contribution in [3.63, 3.8) is 0 Å². The molecule has 1 aliphatic heterocycles. The third-order valence-corrected chi connectivity index (χ3v) is 4.39. The lowest BCUT2D eigenvalue weighted by atomic mass is 10.1. The number of carbonyl (C=O) groups excluding carboxylic acids is 2. The van der Waals surface area contributed by atoms with E-state index < -0.39 is 6.04 Å². The molecule has 132 valence electrons. The largest absolute Gasteiger partial charge is 0.374 e. The molecule has 2 aromatic rings. The molecular formula is C20H20N4O2. The molecule has 6 heteroatoms. The van der Waals surface area contributed by atoms with Crippen LogP contribution < -0.4 is 15.5 Å². The van der Waals surface area contributed by atoms with E-state index in [1.165, 1.54) is 0 Å². The fourth-order valence-corrected chi connectivity index (χ4v) is 3.05. The number of rotatable bonds is 4. The Bertz CT molecular complexity index is 901. The molecule has 3 rings (SSSR count). The zero-order valence-corrected chi connectivity index (χ0v) is 14.7. The Morgan fingerprint density at radius 1 is 1.19 bits per heavy atom. The fourth-order valence-electron chi connectivity index (χ4n) is 3.05. The van der Waals surface area contributed by atoms with Gasteiger partial charge in [0.2, 0.25) is 11.8 Å². The molecule has 26 heavy (non-hydrogen) atoms. The minimum absolute atomic E-state index is 0.0387. The van der Waals surface area contributed by atoms with Gasteiger partial charge in [0.05, 0.1) is 11.6 Å². The number of benzene rings is 2. The summed E-state index contributed by atoms with van der Waals surface area (Å²) in [6.45, 7) is 4.03. The lowest BCUT2D eigenvalue weighted by Gasteiger charge is -2.18. The van der Waals surface area contributed by atoms with Gasteiger partial charge in [-0.05, 0) is 55.3 Å². The normalized spacial score (nSPS) is 13.5. The van der Waals surface area contributed by atoms with Crippen LogP contribution in [0.5, 0.6) is 0 Å². The number of nitriles is 1. The van der Waals surface area contributed by atoms with Gasteiger partial charge in [-0.25, -0.2) is 0 Å². The molecular weight excluding hydrogens is 328 g/mol. The number of hydrogen-bond donors (Lipinski definition) is 2. The summed E-state index contributed by atoms with van der Waals surface area (Å²) in [6.07, 6.45) is 0.811. The number of nitrogens with one attached hydrogen (secondary N) is 2. The van der Waals surface area contributed by atoms with E-state index in [9.17, 15) is 9.59 Å². The van der Waals surface area contributed by atoms with Crippen LogP contribution in [-0.2, 0) is 16.0 Å². The second kappa shape index (κ2) is 7.28. The van der Waals surface area contributed by atoms with Gasteiger partial charge in [0, 0.05) is 30.5 Å². The second-order valence-electron chi connectivity index (χ2n) is 6.31. The molecule has 0 saturated carbocycles. The maximum Gasteiger partial charge on any atom is 0.246 e. The van der Waals surface area contributed by atoms with E-state index in [1.54, 1.807) is 43.0 Å². The van der Waals surface area contributed by atoms with Crippen molar-refractivity contribution in [2.75, 3.05) is 22.1 Å². The summed E-state index contributed by atoms with van der Waals surface area (Å²) >= 11 is 0. The number of anilines is 3. The molecule has 0 bridgehead atoms. The van der Waals surface area contributed by atoms with E-state index >= 15 is 0 Å². The molecule has 2 amide bonds. The van der Waals surface area contributed by atoms with Crippen LogP contribution in [0.3, 0.4) is 0 Å². The van der Waals surface area contributed by atoms with E-state index in [0.29, 0.717) is 17.8 Å². The van der Waals surface area contributed by atoms with Crippen LogP contribution in [0.1, 0.15) is 25.0 Å². The number of nitrogens with zero attached hydrogens (tertiary/aromatic N) is 2. The van der Waals surface area contributed by atoms with Crippen molar-refractivity contribution in [1.82, 2.24) is 0 Å². The highest BCUT2D eigenvalue weighted by molar-refractivity contribution is 5.97. The van der Waals surface area contributed by atoms with Gasteiger partial charge in [-0.15, -0.1) is 0 Å². The van der Waals surface area contributed by atoms with Crippen LogP contribution in [0, 0.1) is 11.3 Å². The van der Waals surface area contributed by atoms with Gasteiger partial charge in [-0.2, -0.15) is 5.26 Å². The van der Waals surface area contributed by atoms with E-state index in [2.05, 4.69) is 16.7 Å². The Balaban J connectivity index is 1.66. The minimum Gasteiger partial charge on any atom is -0.374 e. The quantitative estimate of drug-likeness (QED) is 0.890. The summed E-state index contributed by atoms with van der Waals surface area (Å²) in [5.41, 5.74) is 3.96. The zero-order valence-electron chi connectivity index (χ0n) is 14.7. The Morgan fingerprint density at radius 2 is 2.00 bits per heavy atom. The first kappa shape index (κ1) is 17.5. The number of amides is 2. The van der Waals surface area contributed by atoms with E-state index in [1.807, 2.05) is 18.2 Å². The molecule has 0 radical (unpaired) electrons. The molecule has 0 saturated heterocycles. The highest BCUT2D eigenvalue weighted by Gasteiger charge is 2.22. The molecule has 1 atom stereocenters. The molecule has 2 N–H and O–H groups in total. The van der Waals surface area contributed by atoms with Crippen molar-refractivity contribution in [1.29, 1.82) is 5.26 Å². The predicted molar refractivity (Wildman–Crippen MR) is 101 cm³/mol. The molecule has 1 unspecified atom stereocenters. The van der Waals surface area contributed by atoms with Crippen molar-refractivity contribution in [2.45, 2.75) is 26.3 Å². The lowest BCUT2D eigenvalue weighted by molar-refractivity contribution is -0.117. The summed E-state index contributed by atoms with van der Waals surface area (Å²) < 4.78 is 0. The van der Waals surface area contributed by atoms with Crippen LogP contribution in [0.2, 0.25) is 0 Å². The minimum atomic E-state index is -0.455. The third-order valence-electron chi connectivity index (χ3n) is 4.39. The van der Waals surface area contributed by atoms with Gasteiger partial charge in [0.1, 0.15) is 6.04 Å². The maximum absolute atomic E-state index is 12.4. The van der Waals surface area contributed by atoms with Crippen LogP contribution in [0.25, 0.3) is 0 Å². The Hall–Kier alpha value is -3.33. The second-order valence-corrected chi connectivity index (χ2v) is 6.31. The van der Waals surface area contributed by atoms with Crippen LogP contribution in [-0.4, -0.2) is 24.4 Å². The van der Waals surface area contributed by atoms with Gasteiger partial charge in [-0.1, -0.05) is 6.07 Å². The smallest absolute Gasteiger partial charge is 0.246 e. The van der Waals surface area contributed by atoms with E-state index in [4.69, 9.17) is 5.26 Å². The van der Waals surface area contributed by atoms with Crippen LogP contribution in [0.15, 0.2) is 42.5 Å². The van der Waals surface area contributed by atoms with Gasteiger partial charge >= 0.3 is 0 Å². The molecule has 0 aliphatic carbocycles. The zero-order chi connectivity index (χ0) is 18.7. The standard InChI is InChI=1S/C20H20N4O2/c1-13(20(26)23-17-5-3-4-15(10-17)12-21)22-18-6-7-19-16(11-18)8-9-24(19)14(2)25/h3-7,10-11,13,22H,8-9H2,1-2H3,(H,23,26). The summed E-state index contributed by atoms with van der Waals surface area (Å²) in [4.78, 5) is 25.8. The van der Waals surface area contributed by atoms with Crippen molar-refractivity contribution < 1.29 is 9.59 Å². The highest BCUT2D eigenvalue weighted by atomic mass is 16.2. The highest BCUT2D eigenvalue weighted by Crippen LogP contribution is 2.30. The van der Waals surface area contributed by atoms with Gasteiger partial charge < -0.3 is 15.5 Å². The first-order valence-corrected chi connectivity index (χ1v) is 8.46. The summed E-state index contributed by atoms with van der Waals surface area (Å²) in [5.74, 6) is -0.150. The Morgan fingerprint density at radius 3 is 2.73 bits per heavy atom. The van der Waals surface area contributed by atoms with Crippen molar-refractivity contribution in [3.05, 3.63) is 53.6 Å². The fraction of sp³-hybridized carbons (Fsp3) is 0.250. The topological polar surface area (TPSA) is 85.2 Å². The lowest BCUT2D eigenvalue weighted by Crippen LogP contribution is -2.31. The average Bonchev–Trinajstić information content (AvgIpc) is 3.05. The molecule has 6 nitrogen and oxygen atoms in total. The van der Waals surface area contributed by atoms with Crippen molar-refractivity contribution >= 4 is 28.9 Å². The number of carbonyl (C=O) groups is 2. The van der Waals surface area contributed by atoms with E-state index in [-0.39, 0.29) is 11.8 Å². The average molecular weight is 348 g/mol. The molecule has 0 aromatic heterocycles. The summed E-state index contributed by atoms with van der Waals surface area (Å²) in [5, 5.41) is 14.9. The van der Waals surface area contributed by atoms with Gasteiger partial charge in [0.15, 0.2) is 0 Å². The van der Waals surface area contributed by atoms with Crippen LogP contribution >= 0.6 is 0 Å². The Labute approximate surface area is 152 Å². The summed E-state index contributed by atoms with van der Waals surface area (Å²) in [6, 6.07) is 14.2. The van der Waals surface area contributed by atoms with E-state index in [0.717, 1.165) is 23.4 Å².